The molecular weight excluding hydrogens is 459 g/mol. The van der Waals surface area contributed by atoms with E-state index < -0.39 is 11.9 Å². The number of carbonyl (C=O) groups is 2. The van der Waals surface area contributed by atoms with Crippen molar-refractivity contribution >= 4 is 11.8 Å². The molecule has 0 saturated carbocycles. The first kappa shape index (κ1) is 25.2. The van der Waals surface area contributed by atoms with Crippen LogP contribution in [0.1, 0.15) is 36.5 Å². The maximum absolute atomic E-state index is 14.6. The third-order valence-corrected chi connectivity index (χ3v) is 6.18. The topological polar surface area (TPSA) is 67.9 Å². The Labute approximate surface area is 211 Å². The molecule has 2 amide bonds. The van der Waals surface area contributed by atoms with E-state index in [0.717, 1.165) is 17.5 Å². The number of hydrogen-bond donors (Lipinski definition) is 1. The van der Waals surface area contributed by atoms with Gasteiger partial charge in [-0.05, 0) is 42.2 Å². The molecule has 3 aromatic carbocycles. The van der Waals surface area contributed by atoms with E-state index in [9.17, 15) is 14.0 Å². The number of ether oxygens (including phenoxy) is 2. The van der Waals surface area contributed by atoms with Gasteiger partial charge in [-0.15, -0.1) is 0 Å². The van der Waals surface area contributed by atoms with Crippen molar-refractivity contribution in [2.24, 2.45) is 0 Å². The van der Waals surface area contributed by atoms with E-state index in [-0.39, 0.29) is 31.6 Å². The summed E-state index contributed by atoms with van der Waals surface area (Å²) in [5.74, 6) is 0.473. The number of amides is 2. The minimum Gasteiger partial charge on any atom is -0.454 e. The largest absolute Gasteiger partial charge is 0.454 e. The van der Waals surface area contributed by atoms with Crippen LogP contribution in [-0.2, 0) is 29.0 Å². The summed E-state index contributed by atoms with van der Waals surface area (Å²) in [6.07, 6.45) is 1.73. The van der Waals surface area contributed by atoms with Gasteiger partial charge in [-0.25, -0.2) is 4.39 Å². The van der Waals surface area contributed by atoms with E-state index in [2.05, 4.69) is 5.32 Å². The maximum atomic E-state index is 14.6. The summed E-state index contributed by atoms with van der Waals surface area (Å²) in [5, 5.41) is 2.93. The van der Waals surface area contributed by atoms with Gasteiger partial charge in [0.15, 0.2) is 11.5 Å². The van der Waals surface area contributed by atoms with Gasteiger partial charge in [0.2, 0.25) is 18.6 Å². The van der Waals surface area contributed by atoms with E-state index in [1.807, 2.05) is 55.5 Å². The number of nitrogens with one attached hydrogen (secondary N) is 1. The summed E-state index contributed by atoms with van der Waals surface area (Å²) >= 11 is 0. The van der Waals surface area contributed by atoms with Gasteiger partial charge in [-0.2, -0.15) is 0 Å². The van der Waals surface area contributed by atoms with Crippen LogP contribution in [0, 0.1) is 5.82 Å². The first-order valence-electron chi connectivity index (χ1n) is 12.3. The Balaban J connectivity index is 1.59. The SMILES string of the molecule is CCCNC(=O)[C@H](Cc1ccccc1)N(Cc1ccccc1F)C(=O)CCc1ccc2c(c1)OCO2. The van der Waals surface area contributed by atoms with Crippen molar-refractivity contribution in [3.8, 4) is 11.5 Å². The molecule has 0 radical (unpaired) electrons. The molecule has 0 saturated heterocycles. The summed E-state index contributed by atoms with van der Waals surface area (Å²) < 4.78 is 25.4. The maximum Gasteiger partial charge on any atom is 0.243 e. The van der Waals surface area contributed by atoms with Crippen molar-refractivity contribution in [2.75, 3.05) is 13.3 Å². The standard InChI is InChI=1S/C29H31FN2O4/c1-2-16-31-29(34)25(17-21-8-4-3-5-9-21)32(19-23-10-6-7-11-24(23)30)28(33)15-13-22-12-14-26-27(18-22)36-20-35-26/h3-12,14,18,25H,2,13,15-17,19-20H2,1H3,(H,31,34)/t25-/m0/s1. The van der Waals surface area contributed by atoms with Crippen LogP contribution in [-0.4, -0.2) is 36.1 Å². The molecule has 3 aromatic rings. The lowest BCUT2D eigenvalue weighted by Crippen LogP contribution is -2.50. The van der Waals surface area contributed by atoms with E-state index in [4.69, 9.17) is 9.47 Å². The summed E-state index contributed by atoms with van der Waals surface area (Å²) in [6, 6.07) is 20.8. The molecule has 6 nitrogen and oxygen atoms in total. The summed E-state index contributed by atoms with van der Waals surface area (Å²) in [4.78, 5) is 28.5. The number of carbonyl (C=O) groups excluding carboxylic acids is 2. The number of fused-ring (bicyclic) bond motifs is 1. The highest BCUT2D eigenvalue weighted by Crippen LogP contribution is 2.33. The molecule has 1 aliphatic rings. The van der Waals surface area contributed by atoms with Gasteiger partial charge in [0.1, 0.15) is 11.9 Å². The molecule has 1 N–H and O–H groups in total. The lowest BCUT2D eigenvalue weighted by Gasteiger charge is -2.31. The van der Waals surface area contributed by atoms with Gasteiger partial charge in [-0.3, -0.25) is 9.59 Å². The summed E-state index contributed by atoms with van der Waals surface area (Å²) in [6.45, 7) is 2.66. The first-order chi connectivity index (χ1) is 17.5. The number of aryl methyl sites for hydroxylation is 1. The molecule has 0 spiro atoms. The van der Waals surface area contributed by atoms with E-state index in [0.29, 0.717) is 36.4 Å². The molecule has 4 rings (SSSR count). The van der Waals surface area contributed by atoms with Crippen LogP contribution in [0.15, 0.2) is 72.8 Å². The molecule has 1 atom stereocenters. The molecule has 7 heteroatoms. The third-order valence-electron chi connectivity index (χ3n) is 6.18. The Morgan fingerprint density at radius 1 is 0.972 bits per heavy atom. The Morgan fingerprint density at radius 2 is 1.72 bits per heavy atom. The highest BCUT2D eigenvalue weighted by atomic mass is 19.1. The van der Waals surface area contributed by atoms with Crippen LogP contribution in [0.2, 0.25) is 0 Å². The molecule has 1 aliphatic heterocycles. The van der Waals surface area contributed by atoms with Gasteiger partial charge in [0.25, 0.3) is 0 Å². The van der Waals surface area contributed by atoms with Crippen LogP contribution < -0.4 is 14.8 Å². The number of hydrogen-bond acceptors (Lipinski definition) is 4. The average molecular weight is 491 g/mol. The fourth-order valence-corrected chi connectivity index (χ4v) is 4.22. The van der Waals surface area contributed by atoms with E-state index in [1.165, 1.54) is 11.0 Å². The number of benzene rings is 3. The molecule has 36 heavy (non-hydrogen) atoms. The van der Waals surface area contributed by atoms with Crippen LogP contribution in [0.3, 0.4) is 0 Å². The lowest BCUT2D eigenvalue weighted by atomic mass is 10.0. The van der Waals surface area contributed by atoms with E-state index in [1.54, 1.807) is 18.2 Å². The zero-order valence-corrected chi connectivity index (χ0v) is 20.4. The second-order valence-corrected chi connectivity index (χ2v) is 8.80. The highest BCUT2D eigenvalue weighted by molar-refractivity contribution is 5.88. The second kappa shape index (κ2) is 12.2. The Kier molecular flexibility index (Phi) is 8.55. The Morgan fingerprint density at radius 3 is 2.50 bits per heavy atom. The summed E-state index contributed by atoms with van der Waals surface area (Å²) in [5.41, 5.74) is 2.22. The number of nitrogens with zero attached hydrogens (tertiary/aromatic N) is 1. The lowest BCUT2D eigenvalue weighted by molar-refractivity contribution is -0.141. The van der Waals surface area contributed by atoms with Gasteiger partial charge in [-0.1, -0.05) is 61.5 Å². The van der Waals surface area contributed by atoms with Crippen LogP contribution in [0.4, 0.5) is 4.39 Å². The summed E-state index contributed by atoms with van der Waals surface area (Å²) in [7, 11) is 0. The highest BCUT2D eigenvalue weighted by Gasteiger charge is 2.30. The molecule has 0 unspecified atom stereocenters. The fraction of sp³-hybridized carbons (Fsp3) is 0.310. The van der Waals surface area contributed by atoms with Crippen LogP contribution in [0.5, 0.6) is 11.5 Å². The van der Waals surface area contributed by atoms with Gasteiger partial charge < -0.3 is 19.7 Å². The zero-order chi connectivity index (χ0) is 25.3. The molecular formula is C29H31FN2O4. The average Bonchev–Trinajstić information content (AvgIpc) is 3.37. The molecule has 1 heterocycles. The predicted molar refractivity (Wildman–Crippen MR) is 135 cm³/mol. The number of rotatable bonds is 11. The Bertz CT molecular complexity index is 1180. The third kappa shape index (κ3) is 6.42. The smallest absolute Gasteiger partial charge is 0.243 e. The van der Waals surface area contributed by atoms with Crippen molar-refractivity contribution in [1.82, 2.24) is 10.2 Å². The van der Waals surface area contributed by atoms with Crippen LogP contribution >= 0.6 is 0 Å². The number of halogens is 1. The predicted octanol–water partition coefficient (Wildman–Crippen LogP) is 4.65. The molecule has 0 fully saturated rings. The zero-order valence-electron chi connectivity index (χ0n) is 20.4. The molecule has 188 valence electrons. The van der Waals surface area contributed by atoms with E-state index >= 15 is 0 Å². The first-order valence-corrected chi connectivity index (χ1v) is 12.3. The van der Waals surface area contributed by atoms with Crippen molar-refractivity contribution < 1.29 is 23.5 Å². The normalized spacial score (nSPS) is 12.7. The van der Waals surface area contributed by atoms with Gasteiger partial charge in [0, 0.05) is 31.5 Å². The van der Waals surface area contributed by atoms with Crippen molar-refractivity contribution in [3.05, 3.63) is 95.3 Å². The second-order valence-electron chi connectivity index (χ2n) is 8.80. The Hall–Kier alpha value is -3.87. The fourth-order valence-electron chi connectivity index (χ4n) is 4.22. The minimum absolute atomic E-state index is 0.00366. The quantitative estimate of drug-likeness (QED) is 0.425. The van der Waals surface area contributed by atoms with Gasteiger partial charge >= 0.3 is 0 Å². The molecule has 0 aliphatic carbocycles. The van der Waals surface area contributed by atoms with Crippen molar-refractivity contribution in [1.29, 1.82) is 0 Å². The van der Waals surface area contributed by atoms with Crippen molar-refractivity contribution in [3.63, 3.8) is 0 Å². The molecule has 0 bridgehead atoms. The minimum atomic E-state index is -0.775. The van der Waals surface area contributed by atoms with Crippen molar-refractivity contribution in [2.45, 2.75) is 45.2 Å². The van der Waals surface area contributed by atoms with Gasteiger partial charge in [0.05, 0.1) is 0 Å². The van der Waals surface area contributed by atoms with Crippen LogP contribution in [0.25, 0.3) is 0 Å². The molecule has 0 aromatic heterocycles. The monoisotopic (exact) mass is 490 g/mol.